The van der Waals surface area contributed by atoms with Crippen LogP contribution >= 0.6 is 23.2 Å². The average Bonchev–Trinajstić information content (AvgIpc) is 2.78. The molecule has 2 rings (SSSR count). The van der Waals surface area contributed by atoms with Gasteiger partial charge in [0.05, 0.1) is 5.69 Å². The summed E-state index contributed by atoms with van der Waals surface area (Å²) >= 11 is 12.3. The number of amides is 2. The van der Waals surface area contributed by atoms with E-state index in [4.69, 9.17) is 23.2 Å². The van der Waals surface area contributed by atoms with Crippen LogP contribution in [0.1, 0.15) is 18.9 Å². The number of nitrogens with zero attached hydrogens (tertiary/aromatic N) is 3. The van der Waals surface area contributed by atoms with Gasteiger partial charge in [0.15, 0.2) is 0 Å². The molecule has 0 bridgehead atoms. The van der Waals surface area contributed by atoms with Crippen LogP contribution in [0.2, 0.25) is 10.0 Å². The Hall–Kier alpha value is -2.40. The SMILES string of the molecule is CC[C@@H](C(=O)NC)N(Cc1ccc(Cl)cc1Cl)C(=O)CN(c1ccc(F)cc1)S(=O)(=O)N(C)C. The minimum absolute atomic E-state index is 0.0555. The predicted molar refractivity (Wildman–Crippen MR) is 132 cm³/mol. The van der Waals surface area contributed by atoms with E-state index in [0.29, 0.717) is 15.6 Å². The smallest absolute Gasteiger partial charge is 0.304 e. The number of hydrogen-bond donors (Lipinski definition) is 1. The Morgan fingerprint density at radius 1 is 1.09 bits per heavy atom. The fraction of sp³-hybridized carbons (Fsp3) is 0.364. The van der Waals surface area contributed by atoms with Crippen LogP contribution in [0, 0.1) is 5.82 Å². The van der Waals surface area contributed by atoms with Gasteiger partial charge < -0.3 is 10.2 Å². The maximum absolute atomic E-state index is 13.5. The first-order valence-electron chi connectivity index (χ1n) is 10.3. The fourth-order valence-corrected chi connectivity index (χ4v) is 4.77. The van der Waals surface area contributed by atoms with E-state index in [1.54, 1.807) is 19.1 Å². The Balaban J connectivity index is 2.51. The molecule has 0 spiro atoms. The van der Waals surface area contributed by atoms with Crippen molar-refractivity contribution in [1.82, 2.24) is 14.5 Å². The number of benzene rings is 2. The van der Waals surface area contributed by atoms with Crippen LogP contribution < -0.4 is 9.62 Å². The van der Waals surface area contributed by atoms with E-state index in [2.05, 4.69) is 5.32 Å². The third-order valence-corrected chi connectivity index (χ3v) is 7.53. The van der Waals surface area contributed by atoms with Crippen LogP contribution in [0.15, 0.2) is 42.5 Å². The largest absolute Gasteiger partial charge is 0.357 e. The van der Waals surface area contributed by atoms with Crippen LogP contribution in [0.3, 0.4) is 0 Å². The minimum atomic E-state index is -4.13. The van der Waals surface area contributed by atoms with E-state index in [9.17, 15) is 22.4 Å². The van der Waals surface area contributed by atoms with Gasteiger partial charge in [0.2, 0.25) is 11.8 Å². The highest BCUT2D eigenvalue weighted by atomic mass is 35.5. The van der Waals surface area contributed by atoms with Gasteiger partial charge in [-0.3, -0.25) is 9.59 Å². The number of nitrogens with one attached hydrogen (secondary N) is 1. The first-order chi connectivity index (χ1) is 15.9. The molecule has 0 unspecified atom stereocenters. The summed E-state index contributed by atoms with van der Waals surface area (Å²) in [7, 11) is -0.0362. The molecule has 0 radical (unpaired) electrons. The summed E-state index contributed by atoms with van der Waals surface area (Å²) in [4.78, 5) is 27.4. The number of hydrogen-bond acceptors (Lipinski definition) is 4. The lowest BCUT2D eigenvalue weighted by Gasteiger charge is -2.33. The standard InChI is InChI=1S/C22H27Cl2FN4O4S/c1-5-20(22(31)26-2)28(13-15-6-7-16(23)12-19(15)24)21(30)14-29(34(32,33)27(3)4)18-10-8-17(25)9-11-18/h6-12,20H,5,13-14H2,1-4H3,(H,26,31)/t20-/m0/s1. The van der Waals surface area contributed by atoms with Crippen LogP contribution in [-0.2, 0) is 26.3 Å². The molecule has 0 aliphatic rings. The normalized spacial score (nSPS) is 12.4. The van der Waals surface area contributed by atoms with Gasteiger partial charge in [-0.1, -0.05) is 36.2 Å². The third-order valence-electron chi connectivity index (χ3n) is 5.12. The molecule has 0 aliphatic heterocycles. The van der Waals surface area contributed by atoms with E-state index in [1.165, 1.54) is 44.2 Å². The molecule has 2 aromatic carbocycles. The van der Waals surface area contributed by atoms with Crippen molar-refractivity contribution < 1.29 is 22.4 Å². The lowest BCUT2D eigenvalue weighted by molar-refractivity contribution is -0.140. The molecule has 0 heterocycles. The molecule has 186 valence electrons. The maximum atomic E-state index is 13.5. The summed E-state index contributed by atoms with van der Waals surface area (Å²) in [6.45, 7) is 1.06. The first kappa shape index (κ1) is 27.8. The predicted octanol–water partition coefficient (Wildman–Crippen LogP) is 3.30. The topological polar surface area (TPSA) is 90.0 Å². The Morgan fingerprint density at radius 3 is 2.21 bits per heavy atom. The molecule has 0 saturated carbocycles. The van der Waals surface area contributed by atoms with Crippen LogP contribution in [0.4, 0.5) is 10.1 Å². The summed E-state index contributed by atoms with van der Waals surface area (Å²) in [5, 5.41) is 3.24. The van der Waals surface area contributed by atoms with Crippen molar-refractivity contribution in [3.63, 3.8) is 0 Å². The molecule has 0 fully saturated rings. The second-order valence-electron chi connectivity index (χ2n) is 7.57. The molecule has 0 saturated heterocycles. The summed E-state index contributed by atoms with van der Waals surface area (Å²) in [6, 6.07) is 8.60. The highest BCUT2D eigenvalue weighted by Gasteiger charge is 2.33. The zero-order chi connectivity index (χ0) is 25.6. The quantitative estimate of drug-likeness (QED) is 0.508. The van der Waals surface area contributed by atoms with Gasteiger partial charge in [-0.05, 0) is 48.4 Å². The second-order valence-corrected chi connectivity index (χ2v) is 10.5. The van der Waals surface area contributed by atoms with Gasteiger partial charge in [0.1, 0.15) is 18.4 Å². The van der Waals surface area contributed by atoms with Crippen molar-refractivity contribution >= 4 is 50.9 Å². The van der Waals surface area contributed by atoms with Crippen LogP contribution in [0.5, 0.6) is 0 Å². The van der Waals surface area contributed by atoms with Gasteiger partial charge >= 0.3 is 10.2 Å². The zero-order valence-electron chi connectivity index (χ0n) is 19.3. The van der Waals surface area contributed by atoms with E-state index in [1.807, 2.05) is 0 Å². The average molecular weight is 533 g/mol. The van der Waals surface area contributed by atoms with E-state index < -0.39 is 40.4 Å². The van der Waals surface area contributed by atoms with E-state index in [0.717, 1.165) is 20.7 Å². The van der Waals surface area contributed by atoms with Crippen molar-refractivity contribution in [1.29, 1.82) is 0 Å². The van der Waals surface area contributed by atoms with Crippen molar-refractivity contribution in [3.05, 3.63) is 63.9 Å². The monoisotopic (exact) mass is 532 g/mol. The van der Waals surface area contributed by atoms with Crippen molar-refractivity contribution in [2.45, 2.75) is 25.9 Å². The van der Waals surface area contributed by atoms with Gasteiger partial charge in [-0.2, -0.15) is 12.7 Å². The minimum Gasteiger partial charge on any atom is -0.357 e. The zero-order valence-corrected chi connectivity index (χ0v) is 21.6. The Morgan fingerprint density at radius 2 is 1.71 bits per heavy atom. The summed E-state index contributed by atoms with van der Waals surface area (Å²) in [6.07, 6.45) is 0.271. The van der Waals surface area contributed by atoms with Gasteiger partial charge in [0.25, 0.3) is 0 Å². The first-order valence-corrected chi connectivity index (χ1v) is 12.5. The lowest BCUT2D eigenvalue weighted by Crippen LogP contribution is -2.53. The summed E-state index contributed by atoms with van der Waals surface area (Å²) in [5.41, 5.74) is 0.631. The lowest BCUT2D eigenvalue weighted by atomic mass is 10.1. The van der Waals surface area contributed by atoms with E-state index in [-0.39, 0.29) is 18.7 Å². The molecule has 34 heavy (non-hydrogen) atoms. The van der Waals surface area contributed by atoms with Crippen molar-refractivity contribution in [2.24, 2.45) is 0 Å². The number of halogens is 3. The van der Waals surface area contributed by atoms with Crippen molar-refractivity contribution in [3.8, 4) is 0 Å². The molecule has 12 heteroatoms. The van der Waals surface area contributed by atoms with Gasteiger partial charge in [-0.25, -0.2) is 8.70 Å². The fourth-order valence-electron chi connectivity index (χ4n) is 3.24. The van der Waals surface area contributed by atoms with Crippen LogP contribution in [-0.4, -0.2) is 63.2 Å². The summed E-state index contributed by atoms with van der Waals surface area (Å²) in [5.74, 6) is -1.61. The molecule has 1 atom stereocenters. The summed E-state index contributed by atoms with van der Waals surface area (Å²) < 4.78 is 41.3. The highest BCUT2D eigenvalue weighted by molar-refractivity contribution is 7.90. The number of carbonyl (C=O) groups is 2. The second kappa shape index (κ2) is 11.8. The Labute approximate surface area is 209 Å². The van der Waals surface area contributed by atoms with Gasteiger partial charge in [-0.15, -0.1) is 0 Å². The molecular formula is C22H27Cl2FN4O4S. The number of anilines is 1. The highest BCUT2D eigenvalue weighted by Crippen LogP contribution is 2.25. The Bertz CT molecular complexity index is 1130. The maximum Gasteiger partial charge on any atom is 0.304 e. The molecule has 0 aliphatic carbocycles. The Kier molecular flexibility index (Phi) is 9.69. The number of likely N-dealkylation sites (N-methyl/N-ethyl adjacent to an activating group) is 1. The molecular weight excluding hydrogens is 506 g/mol. The van der Waals surface area contributed by atoms with Crippen LogP contribution in [0.25, 0.3) is 0 Å². The molecule has 2 aromatic rings. The van der Waals surface area contributed by atoms with E-state index >= 15 is 0 Å². The molecule has 2 amide bonds. The van der Waals surface area contributed by atoms with Gasteiger partial charge in [0, 0.05) is 37.7 Å². The molecule has 0 aromatic heterocycles. The number of rotatable bonds is 10. The molecule has 8 nitrogen and oxygen atoms in total. The number of carbonyl (C=O) groups excluding carboxylic acids is 2. The third kappa shape index (κ3) is 6.59. The van der Waals surface area contributed by atoms with Crippen molar-refractivity contribution in [2.75, 3.05) is 32.0 Å². The molecule has 1 N–H and O–H groups in total.